The summed E-state index contributed by atoms with van der Waals surface area (Å²) in [4.78, 5) is 47.5. The van der Waals surface area contributed by atoms with Crippen LogP contribution in [0.5, 0.6) is 0 Å². The Hall–Kier alpha value is -2.50. The monoisotopic (exact) mass is 592 g/mol. The third-order valence-corrected chi connectivity index (χ3v) is 5.29. The molecule has 1 heterocycles. The number of hydrogen-bond acceptors (Lipinski definition) is 12. The number of carbonyl (C=O) groups is 4. The number of methoxy groups -OCH3 is 1. The Bertz CT molecular complexity index is 748. The molecule has 1 aliphatic heterocycles. The molecule has 0 saturated carbocycles. The molecule has 0 aromatic rings. The molecule has 15 heteroatoms. The zero-order chi connectivity index (χ0) is 30.0. The molecule has 0 saturated heterocycles. The van der Waals surface area contributed by atoms with E-state index in [1.807, 2.05) is 0 Å². The molecule has 0 aromatic carbocycles. The van der Waals surface area contributed by atoms with Crippen LogP contribution >= 0.6 is 0 Å². The van der Waals surface area contributed by atoms with Gasteiger partial charge in [0.15, 0.2) is 0 Å². The highest BCUT2D eigenvalue weighted by atomic mass is 16.6. The highest BCUT2D eigenvalue weighted by Gasteiger charge is 2.32. The molecule has 0 radical (unpaired) electrons. The summed E-state index contributed by atoms with van der Waals surface area (Å²) in [6.07, 6.45) is 1.70. The van der Waals surface area contributed by atoms with Crippen molar-refractivity contribution in [3.05, 3.63) is 12.2 Å². The first kappa shape index (κ1) is 36.5. The highest BCUT2D eigenvalue weighted by molar-refractivity contribution is 6.13. The van der Waals surface area contributed by atoms with Crippen molar-refractivity contribution < 1.29 is 62.2 Å². The van der Waals surface area contributed by atoms with Gasteiger partial charge < -0.3 is 48.3 Å². The van der Waals surface area contributed by atoms with E-state index in [-0.39, 0.29) is 32.1 Å². The summed E-state index contributed by atoms with van der Waals surface area (Å²) in [5, 5.41) is 11.6. The first-order valence-electron chi connectivity index (χ1n) is 13.5. The van der Waals surface area contributed by atoms with E-state index in [1.165, 1.54) is 0 Å². The summed E-state index contributed by atoms with van der Waals surface area (Å²) in [5.74, 6) is -2.78. The minimum atomic E-state index is -1.19. The predicted octanol–water partition coefficient (Wildman–Crippen LogP) is -0.976. The molecular weight excluding hydrogens is 548 g/mol. The number of carboxylic acid groups (broad SMARTS) is 1. The second kappa shape index (κ2) is 25.2. The summed E-state index contributed by atoms with van der Waals surface area (Å²) in [6.45, 7) is 6.38. The van der Waals surface area contributed by atoms with Crippen molar-refractivity contribution in [2.75, 3.05) is 113 Å². The zero-order valence-corrected chi connectivity index (χ0v) is 23.8. The predicted molar refractivity (Wildman–Crippen MR) is 142 cm³/mol. The number of nitrogens with one attached hydrogen (secondary N) is 1. The fourth-order valence-corrected chi connectivity index (χ4v) is 3.28. The summed E-state index contributed by atoms with van der Waals surface area (Å²) < 4.78 is 42.5. The first-order chi connectivity index (χ1) is 20.0. The first-order valence-corrected chi connectivity index (χ1v) is 13.5. The Balaban J connectivity index is 1.85. The Morgan fingerprint density at radius 2 is 1.05 bits per heavy atom. The van der Waals surface area contributed by atoms with E-state index in [4.69, 9.17) is 43.0 Å². The van der Waals surface area contributed by atoms with Crippen LogP contribution in [0, 0.1) is 0 Å². The maximum atomic E-state index is 12.0. The van der Waals surface area contributed by atoms with E-state index >= 15 is 0 Å². The SMILES string of the molecule is COCCOCCOCCOCCOCCOCCOCCOCCC(=O)NC[C@@H](CC(=O)O)N1C(=O)C=CC1=O. The van der Waals surface area contributed by atoms with E-state index < -0.39 is 30.2 Å². The number of ether oxygens (including phenoxy) is 8. The Morgan fingerprint density at radius 3 is 1.41 bits per heavy atom. The number of amides is 3. The molecule has 1 aliphatic rings. The van der Waals surface area contributed by atoms with Gasteiger partial charge in [-0.15, -0.1) is 0 Å². The van der Waals surface area contributed by atoms with Gasteiger partial charge >= 0.3 is 5.97 Å². The van der Waals surface area contributed by atoms with Crippen LogP contribution in [0.25, 0.3) is 0 Å². The zero-order valence-electron chi connectivity index (χ0n) is 23.8. The number of nitrogens with zero attached hydrogens (tertiary/aromatic N) is 1. The maximum absolute atomic E-state index is 12.0. The van der Waals surface area contributed by atoms with Crippen molar-refractivity contribution in [3.8, 4) is 0 Å². The van der Waals surface area contributed by atoms with Crippen molar-refractivity contribution >= 4 is 23.7 Å². The van der Waals surface area contributed by atoms with Crippen molar-refractivity contribution in [2.24, 2.45) is 0 Å². The normalized spacial score (nSPS) is 13.7. The van der Waals surface area contributed by atoms with Gasteiger partial charge in [-0.2, -0.15) is 0 Å². The third-order valence-electron chi connectivity index (χ3n) is 5.29. The van der Waals surface area contributed by atoms with Crippen LogP contribution in [0.4, 0.5) is 0 Å². The Labute approximate surface area is 240 Å². The molecule has 0 spiro atoms. The highest BCUT2D eigenvalue weighted by Crippen LogP contribution is 2.12. The van der Waals surface area contributed by atoms with Crippen LogP contribution in [0.1, 0.15) is 12.8 Å². The molecule has 1 atom stereocenters. The number of hydrogen-bond donors (Lipinski definition) is 2. The van der Waals surface area contributed by atoms with Crippen LogP contribution < -0.4 is 5.32 Å². The van der Waals surface area contributed by atoms with Gasteiger partial charge in [0.1, 0.15) is 0 Å². The van der Waals surface area contributed by atoms with E-state index in [0.717, 1.165) is 17.1 Å². The minimum absolute atomic E-state index is 0.0347. The molecule has 0 fully saturated rings. The van der Waals surface area contributed by atoms with E-state index in [9.17, 15) is 19.2 Å². The van der Waals surface area contributed by atoms with Crippen LogP contribution in [0.15, 0.2) is 12.2 Å². The van der Waals surface area contributed by atoms with Gasteiger partial charge in [0.05, 0.1) is 112 Å². The summed E-state index contributed by atoms with van der Waals surface area (Å²) in [7, 11) is 1.63. The van der Waals surface area contributed by atoms with Crippen molar-refractivity contribution in [1.29, 1.82) is 0 Å². The van der Waals surface area contributed by atoms with Gasteiger partial charge in [-0.25, -0.2) is 0 Å². The van der Waals surface area contributed by atoms with Crippen molar-refractivity contribution in [2.45, 2.75) is 18.9 Å². The van der Waals surface area contributed by atoms with Crippen LogP contribution in [0.2, 0.25) is 0 Å². The summed E-state index contributed by atoms with van der Waals surface area (Å²) in [6, 6.07) is -0.970. The van der Waals surface area contributed by atoms with Gasteiger partial charge in [-0.3, -0.25) is 24.1 Å². The average Bonchev–Trinajstić information content (AvgIpc) is 3.28. The second-order valence-electron chi connectivity index (χ2n) is 8.46. The number of carbonyl (C=O) groups excluding carboxylic acids is 3. The van der Waals surface area contributed by atoms with Gasteiger partial charge in [-0.1, -0.05) is 0 Å². The Morgan fingerprint density at radius 1 is 0.683 bits per heavy atom. The number of aliphatic carboxylic acids is 1. The van der Waals surface area contributed by atoms with Gasteiger partial charge in [0.25, 0.3) is 11.8 Å². The largest absolute Gasteiger partial charge is 0.481 e. The molecule has 41 heavy (non-hydrogen) atoms. The van der Waals surface area contributed by atoms with E-state index in [0.29, 0.717) is 85.9 Å². The van der Waals surface area contributed by atoms with Gasteiger partial charge in [-0.05, 0) is 0 Å². The lowest BCUT2D eigenvalue weighted by atomic mass is 10.1. The number of rotatable bonds is 29. The molecule has 0 bridgehead atoms. The van der Waals surface area contributed by atoms with E-state index in [1.54, 1.807) is 7.11 Å². The topological polar surface area (TPSA) is 178 Å². The van der Waals surface area contributed by atoms with Crippen molar-refractivity contribution in [1.82, 2.24) is 10.2 Å². The lowest BCUT2D eigenvalue weighted by Gasteiger charge is -2.25. The molecule has 1 rings (SSSR count). The standard InChI is InChI=1S/C26H44N2O13/c1-34-6-7-36-10-11-38-14-15-40-18-19-41-17-16-39-13-12-37-9-8-35-5-4-23(29)27-21-22(20-26(32)33)28-24(30)2-3-25(28)31/h2-3,22H,4-21H2,1H3,(H,27,29)(H,32,33)/t22-/m1/s1. The fraction of sp³-hybridized carbons (Fsp3) is 0.769. The molecule has 0 unspecified atom stereocenters. The fourth-order valence-electron chi connectivity index (χ4n) is 3.28. The number of imide groups is 1. The smallest absolute Gasteiger partial charge is 0.305 e. The molecule has 236 valence electrons. The second-order valence-corrected chi connectivity index (χ2v) is 8.46. The third kappa shape index (κ3) is 20.1. The van der Waals surface area contributed by atoms with Gasteiger partial charge in [0.2, 0.25) is 5.91 Å². The molecule has 15 nitrogen and oxygen atoms in total. The van der Waals surface area contributed by atoms with E-state index in [2.05, 4.69) is 5.32 Å². The van der Waals surface area contributed by atoms with Crippen LogP contribution in [0.3, 0.4) is 0 Å². The summed E-state index contributed by atoms with van der Waals surface area (Å²) >= 11 is 0. The maximum Gasteiger partial charge on any atom is 0.305 e. The van der Waals surface area contributed by atoms with Gasteiger partial charge in [0, 0.05) is 32.2 Å². The Kier molecular flexibility index (Phi) is 22.5. The molecular formula is C26H44N2O13. The quantitative estimate of drug-likeness (QED) is 0.0801. The average molecular weight is 593 g/mol. The number of carboxylic acids is 1. The lowest BCUT2D eigenvalue weighted by Crippen LogP contribution is -2.48. The van der Waals surface area contributed by atoms with Crippen molar-refractivity contribution in [3.63, 3.8) is 0 Å². The summed E-state index contributed by atoms with van der Waals surface area (Å²) in [5.41, 5.74) is 0. The minimum Gasteiger partial charge on any atom is -0.481 e. The molecule has 0 aromatic heterocycles. The lowest BCUT2D eigenvalue weighted by molar-refractivity contribution is -0.144. The molecule has 3 amide bonds. The molecule has 0 aliphatic carbocycles. The molecule has 2 N–H and O–H groups in total. The van der Waals surface area contributed by atoms with Crippen LogP contribution in [-0.4, -0.2) is 152 Å². The van der Waals surface area contributed by atoms with Crippen LogP contribution in [-0.2, 0) is 57.1 Å².